The van der Waals surface area contributed by atoms with Gasteiger partial charge in [-0.3, -0.25) is 9.78 Å². The van der Waals surface area contributed by atoms with Gasteiger partial charge in [-0.25, -0.2) is 9.37 Å². The van der Waals surface area contributed by atoms with E-state index in [1.165, 1.54) is 42.9 Å². The lowest BCUT2D eigenvalue weighted by Gasteiger charge is -2.39. The van der Waals surface area contributed by atoms with E-state index in [1.54, 1.807) is 18.2 Å². The number of alkyl halides is 3. The van der Waals surface area contributed by atoms with Crippen LogP contribution in [0.15, 0.2) is 90.0 Å². The molecule has 4 N–H and O–H groups in total. The lowest BCUT2D eigenvalue weighted by molar-refractivity contribution is -0.137. The van der Waals surface area contributed by atoms with Gasteiger partial charge in [-0.15, -0.1) is 0 Å². The Morgan fingerprint density at radius 2 is 1.82 bits per heavy atom. The van der Waals surface area contributed by atoms with Crippen LogP contribution in [0.1, 0.15) is 34.5 Å². The number of nitrogens with two attached hydrogens (primary N) is 1. The summed E-state index contributed by atoms with van der Waals surface area (Å²) in [6.07, 6.45) is 3.01. The molecule has 1 aliphatic carbocycles. The van der Waals surface area contributed by atoms with E-state index < -0.39 is 23.0 Å². The van der Waals surface area contributed by atoms with Crippen molar-refractivity contribution in [2.75, 3.05) is 11.9 Å². The highest BCUT2D eigenvalue weighted by Gasteiger charge is 2.45. The Labute approximate surface area is 216 Å². The molecule has 0 amide bonds. The quantitative estimate of drug-likeness (QED) is 0.188. The van der Waals surface area contributed by atoms with Crippen molar-refractivity contribution in [2.45, 2.75) is 25.4 Å². The number of carbonyl (C=O) groups excluding carboxylic acids is 1. The van der Waals surface area contributed by atoms with Gasteiger partial charge in [0, 0.05) is 30.0 Å². The Balaban J connectivity index is 1.81. The van der Waals surface area contributed by atoms with Crippen LogP contribution in [0.25, 0.3) is 0 Å². The number of halogens is 4. The largest absolute Gasteiger partial charge is 0.416 e. The number of anilines is 1. The van der Waals surface area contributed by atoms with E-state index in [1.807, 2.05) is 0 Å². The lowest BCUT2D eigenvalue weighted by Crippen LogP contribution is -2.40. The number of nitrogens with zero attached hydrogens (tertiary/aromatic N) is 2. The summed E-state index contributed by atoms with van der Waals surface area (Å²) >= 11 is 0. The molecule has 4 rings (SSSR count). The van der Waals surface area contributed by atoms with E-state index in [-0.39, 0.29) is 30.9 Å². The van der Waals surface area contributed by atoms with Crippen molar-refractivity contribution in [1.82, 2.24) is 9.97 Å². The second-order valence-electron chi connectivity index (χ2n) is 8.97. The van der Waals surface area contributed by atoms with E-state index in [4.69, 9.17) is 11.1 Å². The highest BCUT2D eigenvalue weighted by Crippen LogP contribution is 2.46. The molecule has 0 spiro atoms. The number of rotatable bonds is 9. The number of Topliss-reactive ketones (excluding diaryl/α,β-unsaturated/α-hetero) is 1. The summed E-state index contributed by atoms with van der Waals surface area (Å²) in [4.78, 5) is 22.3. The fourth-order valence-electron chi connectivity index (χ4n) is 4.64. The third kappa shape index (κ3) is 5.70. The zero-order valence-corrected chi connectivity index (χ0v) is 20.2. The van der Waals surface area contributed by atoms with Gasteiger partial charge >= 0.3 is 6.18 Å². The third-order valence-electron chi connectivity index (χ3n) is 6.50. The van der Waals surface area contributed by atoms with Gasteiger partial charge in [0.2, 0.25) is 0 Å². The maximum Gasteiger partial charge on any atom is 0.416 e. The molecular formula is C28H25F4N5O. The molecule has 0 aliphatic heterocycles. The second kappa shape index (κ2) is 11.1. The van der Waals surface area contributed by atoms with Gasteiger partial charge in [0.05, 0.1) is 17.2 Å². The molecule has 10 heteroatoms. The molecule has 3 aromatic rings. The van der Waals surface area contributed by atoms with Gasteiger partial charge in [-0.2, -0.15) is 13.2 Å². The van der Waals surface area contributed by atoms with Crippen molar-refractivity contribution in [3.05, 3.63) is 113 Å². The topological polar surface area (TPSA) is 105 Å². The molecule has 1 atom stereocenters. The predicted octanol–water partition coefficient (Wildman–Crippen LogP) is 5.74. The number of allylic oxidation sites excluding steroid dienone is 2. The summed E-state index contributed by atoms with van der Waals surface area (Å²) in [6, 6.07) is 10.4. The molecule has 0 saturated carbocycles. The molecule has 0 radical (unpaired) electrons. The predicted molar refractivity (Wildman–Crippen MR) is 136 cm³/mol. The minimum atomic E-state index is -4.49. The van der Waals surface area contributed by atoms with Crippen LogP contribution in [-0.2, 0) is 12.6 Å². The van der Waals surface area contributed by atoms with Gasteiger partial charge in [0.25, 0.3) is 0 Å². The van der Waals surface area contributed by atoms with Crippen molar-refractivity contribution in [1.29, 1.82) is 5.41 Å². The van der Waals surface area contributed by atoms with E-state index in [0.717, 1.165) is 18.3 Å². The van der Waals surface area contributed by atoms with Crippen LogP contribution < -0.4 is 11.1 Å². The van der Waals surface area contributed by atoms with Crippen molar-refractivity contribution in [2.24, 2.45) is 11.1 Å². The highest BCUT2D eigenvalue weighted by molar-refractivity contribution is 6.02. The SMILES string of the molecule is N=CC1=C(Nc2ccc(F)cc2)C=C(CCN)C(Cc2ccc(C(F)(F)F)cc2)(C(=O)c2cnccn2)C1. The average molecular weight is 524 g/mol. The fourth-order valence-corrected chi connectivity index (χ4v) is 4.64. The summed E-state index contributed by atoms with van der Waals surface area (Å²) in [6.45, 7) is 0.206. The second-order valence-corrected chi connectivity index (χ2v) is 8.97. The molecule has 6 nitrogen and oxygen atoms in total. The molecular weight excluding hydrogens is 498 g/mol. The monoisotopic (exact) mass is 523 g/mol. The first kappa shape index (κ1) is 26.9. The molecule has 38 heavy (non-hydrogen) atoms. The summed E-state index contributed by atoms with van der Waals surface area (Å²) in [5.41, 5.74) is 6.75. The highest BCUT2D eigenvalue weighted by atomic mass is 19.4. The van der Waals surface area contributed by atoms with Crippen LogP contribution in [0, 0.1) is 16.6 Å². The minimum Gasteiger partial charge on any atom is -0.355 e. The Morgan fingerprint density at radius 3 is 2.39 bits per heavy atom. The van der Waals surface area contributed by atoms with Gasteiger partial charge < -0.3 is 16.5 Å². The molecule has 2 aromatic carbocycles. The van der Waals surface area contributed by atoms with Gasteiger partial charge in [0.15, 0.2) is 5.78 Å². The van der Waals surface area contributed by atoms with Gasteiger partial charge in [-0.05, 0) is 79.4 Å². The molecule has 1 aromatic heterocycles. The number of hydrogen-bond acceptors (Lipinski definition) is 6. The number of nitrogens with one attached hydrogen (secondary N) is 2. The van der Waals surface area contributed by atoms with Gasteiger partial charge in [0.1, 0.15) is 11.5 Å². The molecule has 0 bridgehead atoms. The zero-order chi connectivity index (χ0) is 27.3. The zero-order valence-electron chi connectivity index (χ0n) is 20.2. The molecule has 1 heterocycles. The summed E-state index contributed by atoms with van der Waals surface area (Å²) in [7, 11) is 0. The number of ketones is 1. The molecule has 0 saturated heterocycles. The van der Waals surface area contributed by atoms with Crippen molar-refractivity contribution < 1.29 is 22.4 Å². The van der Waals surface area contributed by atoms with Crippen molar-refractivity contribution in [3.63, 3.8) is 0 Å². The summed E-state index contributed by atoms with van der Waals surface area (Å²) in [5, 5.41) is 11.3. The Bertz CT molecular complexity index is 1370. The number of benzene rings is 2. The first-order chi connectivity index (χ1) is 18.2. The Morgan fingerprint density at radius 1 is 1.11 bits per heavy atom. The molecule has 1 aliphatic rings. The van der Waals surface area contributed by atoms with Crippen molar-refractivity contribution >= 4 is 17.7 Å². The first-order valence-electron chi connectivity index (χ1n) is 11.8. The first-order valence-corrected chi connectivity index (χ1v) is 11.8. The number of carbonyl (C=O) groups is 1. The van der Waals surface area contributed by atoms with E-state index >= 15 is 0 Å². The number of hydrogen-bond donors (Lipinski definition) is 3. The smallest absolute Gasteiger partial charge is 0.355 e. The van der Waals surface area contributed by atoms with Crippen LogP contribution in [0.5, 0.6) is 0 Å². The minimum absolute atomic E-state index is 0.0630. The summed E-state index contributed by atoms with van der Waals surface area (Å²) < 4.78 is 52.9. The fraction of sp³-hybridized carbons (Fsp3) is 0.214. The van der Waals surface area contributed by atoms with Crippen LogP contribution >= 0.6 is 0 Å². The average Bonchev–Trinajstić information content (AvgIpc) is 2.91. The van der Waals surface area contributed by atoms with Crippen LogP contribution in [0.3, 0.4) is 0 Å². The molecule has 196 valence electrons. The molecule has 1 unspecified atom stereocenters. The van der Waals surface area contributed by atoms with Gasteiger partial charge in [-0.1, -0.05) is 17.7 Å². The standard InChI is InChI=1S/C28H25F4N5O/c29-22-5-7-23(8-6-22)37-24-13-21(9-10-33)27(15-19(24)16-34,26(38)25-17-35-11-12-36-25)14-18-1-3-20(4-2-18)28(30,31)32/h1-8,11-13,16-17,34,37H,9-10,14-15,33H2. The van der Waals surface area contributed by atoms with Crippen LogP contribution in [-0.4, -0.2) is 28.5 Å². The summed E-state index contributed by atoms with van der Waals surface area (Å²) in [5.74, 6) is -0.768. The lowest BCUT2D eigenvalue weighted by atomic mass is 9.64. The Hall–Kier alpha value is -4.18. The van der Waals surface area contributed by atoms with E-state index in [2.05, 4.69) is 15.3 Å². The van der Waals surface area contributed by atoms with Crippen molar-refractivity contribution in [3.8, 4) is 0 Å². The molecule has 0 fully saturated rings. The third-order valence-corrected chi connectivity index (χ3v) is 6.50. The maximum absolute atomic E-state index is 14.1. The van der Waals surface area contributed by atoms with Crippen LogP contribution in [0.4, 0.5) is 23.2 Å². The van der Waals surface area contributed by atoms with E-state index in [0.29, 0.717) is 34.5 Å². The Kier molecular flexibility index (Phi) is 7.82. The van der Waals surface area contributed by atoms with Crippen LogP contribution in [0.2, 0.25) is 0 Å². The normalized spacial score (nSPS) is 17.7. The van der Waals surface area contributed by atoms with E-state index in [9.17, 15) is 22.4 Å². The number of aromatic nitrogens is 2. The maximum atomic E-state index is 14.1.